The molecule has 0 aliphatic carbocycles. The van der Waals surface area contributed by atoms with Crippen LogP contribution in [0.4, 0.5) is 5.69 Å². The van der Waals surface area contributed by atoms with Gasteiger partial charge in [-0.15, -0.1) is 11.3 Å². The van der Waals surface area contributed by atoms with Gasteiger partial charge in [0.25, 0.3) is 11.5 Å². The van der Waals surface area contributed by atoms with E-state index in [1.165, 1.54) is 21.8 Å². The van der Waals surface area contributed by atoms with Crippen LogP contribution >= 0.6 is 11.3 Å². The minimum Gasteiger partial charge on any atom is -0.462 e. The summed E-state index contributed by atoms with van der Waals surface area (Å²) in [7, 11) is 0. The first-order chi connectivity index (χ1) is 13.6. The SMILES string of the molecule is CCOC(=O)c1cc(NC(=O)c2ccccc2)c(=O)n2c1sc1ccccc12. The molecule has 7 heteroatoms. The number of benzene rings is 2. The van der Waals surface area contributed by atoms with Crippen LogP contribution in [0.3, 0.4) is 0 Å². The van der Waals surface area contributed by atoms with Gasteiger partial charge in [0, 0.05) is 5.56 Å². The smallest absolute Gasteiger partial charge is 0.341 e. The van der Waals surface area contributed by atoms with Gasteiger partial charge in [-0.05, 0) is 37.3 Å². The van der Waals surface area contributed by atoms with Crippen molar-refractivity contribution in [1.82, 2.24) is 4.40 Å². The molecule has 1 amide bonds. The Bertz CT molecular complexity index is 1260. The van der Waals surface area contributed by atoms with E-state index in [0.717, 1.165) is 4.70 Å². The first-order valence-electron chi connectivity index (χ1n) is 8.71. The number of hydrogen-bond acceptors (Lipinski definition) is 5. The second-order valence-corrected chi connectivity index (χ2v) is 7.06. The highest BCUT2D eigenvalue weighted by Crippen LogP contribution is 2.29. The first kappa shape index (κ1) is 17.9. The van der Waals surface area contributed by atoms with Crippen LogP contribution in [0.5, 0.6) is 0 Å². The average Bonchev–Trinajstić information content (AvgIpc) is 3.10. The summed E-state index contributed by atoms with van der Waals surface area (Å²) in [4.78, 5) is 38.6. The van der Waals surface area contributed by atoms with E-state index in [4.69, 9.17) is 4.74 Å². The van der Waals surface area contributed by atoms with E-state index >= 15 is 0 Å². The topological polar surface area (TPSA) is 76.9 Å². The molecule has 0 spiro atoms. The van der Waals surface area contributed by atoms with E-state index in [1.54, 1.807) is 43.3 Å². The molecule has 2 aromatic heterocycles. The maximum absolute atomic E-state index is 13.1. The largest absolute Gasteiger partial charge is 0.462 e. The normalized spacial score (nSPS) is 10.9. The third kappa shape index (κ3) is 3.05. The van der Waals surface area contributed by atoms with Crippen LogP contribution < -0.4 is 10.9 Å². The van der Waals surface area contributed by atoms with Crippen molar-refractivity contribution in [3.8, 4) is 0 Å². The Morgan fingerprint density at radius 1 is 1.07 bits per heavy atom. The Labute approximate surface area is 164 Å². The van der Waals surface area contributed by atoms with Gasteiger partial charge in [0.2, 0.25) is 0 Å². The van der Waals surface area contributed by atoms with Crippen LogP contribution in [0.1, 0.15) is 27.6 Å². The molecule has 140 valence electrons. The maximum atomic E-state index is 13.1. The summed E-state index contributed by atoms with van der Waals surface area (Å²) < 4.78 is 7.47. The van der Waals surface area contributed by atoms with Crippen molar-refractivity contribution in [2.24, 2.45) is 0 Å². The van der Waals surface area contributed by atoms with Crippen molar-refractivity contribution in [2.75, 3.05) is 11.9 Å². The molecule has 4 rings (SSSR count). The van der Waals surface area contributed by atoms with E-state index < -0.39 is 17.4 Å². The lowest BCUT2D eigenvalue weighted by Gasteiger charge is -2.09. The molecule has 0 saturated heterocycles. The average molecular weight is 392 g/mol. The highest BCUT2D eigenvalue weighted by Gasteiger charge is 2.21. The number of aromatic nitrogens is 1. The van der Waals surface area contributed by atoms with E-state index in [2.05, 4.69) is 5.32 Å². The molecule has 0 fully saturated rings. The summed E-state index contributed by atoms with van der Waals surface area (Å²) in [6, 6.07) is 17.3. The lowest BCUT2D eigenvalue weighted by Crippen LogP contribution is -2.24. The van der Waals surface area contributed by atoms with E-state index in [0.29, 0.717) is 15.9 Å². The molecule has 0 radical (unpaired) electrons. The Balaban J connectivity index is 1.92. The molecule has 1 N–H and O–H groups in total. The first-order valence-corrected chi connectivity index (χ1v) is 9.52. The van der Waals surface area contributed by atoms with Crippen molar-refractivity contribution in [3.05, 3.63) is 82.1 Å². The van der Waals surface area contributed by atoms with Crippen molar-refractivity contribution in [3.63, 3.8) is 0 Å². The number of nitrogens with one attached hydrogen (secondary N) is 1. The Hall–Kier alpha value is -3.45. The summed E-state index contributed by atoms with van der Waals surface area (Å²) in [5.41, 5.74) is 0.961. The molecule has 28 heavy (non-hydrogen) atoms. The zero-order chi connectivity index (χ0) is 19.7. The zero-order valence-corrected chi connectivity index (χ0v) is 15.8. The van der Waals surface area contributed by atoms with Crippen molar-refractivity contribution >= 4 is 43.9 Å². The number of thiazole rings is 1. The highest BCUT2D eigenvalue weighted by atomic mass is 32.1. The lowest BCUT2D eigenvalue weighted by atomic mass is 10.2. The molecule has 2 heterocycles. The monoisotopic (exact) mass is 392 g/mol. The predicted octanol–water partition coefficient (Wildman–Crippen LogP) is 3.94. The summed E-state index contributed by atoms with van der Waals surface area (Å²) in [5.74, 6) is -0.964. The summed E-state index contributed by atoms with van der Waals surface area (Å²) >= 11 is 1.33. The molecule has 4 aromatic rings. The maximum Gasteiger partial charge on any atom is 0.341 e. The highest BCUT2D eigenvalue weighted by molar-refractivity contribution is 7.24. The quantitative estimate of drug-likeness (QED) is 0.534. The van der Waals surface area contributed by atoms with Crippen molar-refractivity contribution < 1.29 is 14.3 Å². The second kappa shape index (κ2) is 7.28. The molecule has 0 atom stereocenters. The molecule has 0 unspecified atom stereocenters. The van der Waals surface area contributed by atoms with Gasteiger partial charge in [-0.2, -0.15) is 0 Å². The van der Waals surface area contributed by atoms with Crippen molar-refractivity contribution in [2.45, 2.75) is 6.92 Å². The number of para-hydroxylation sites is 1. The number of esters is 1. The van der Waals surface area contributed by atoms with E-state index in [-0.39, 0.29) is 17.9 Å². The lowest BCUT2D eigenvalue weighted by molar-refractivity contribution is 0.0528. The molecular formula is C21H16N2O4S. The van der Waals surface area contributed by atoms with Gasteiger partial charge in [-0.25, -0.2) is 4.79 Å². The van der Waals surface area contributed by atoms with E-state index in [1.807, 2.05) is 18.2 Å². The zero-order valence-electron chi connectivity index (χ0n) is 15.0. The van der Waals surface area contributed by atoms with Gasteiger partial charge < -0.3 is 10.1 Å². The molecule has 0 bridgehead atoms. The summed E-state index contributed by atoms with van der Waals surface area (Å²) in [6.07, 6.45) is 0. The number of ether oxygens (including phenoxy) is 1. The van der Waals surface area contributed by atoms with Crippen LogP contribution in [0.15, 0.2) is 65.5 Å². The number of hydrogen-bond donors (Lipinski definition) is 1. The summed E-state index contributed by atoms with van der Waals surface area (Å²) in [6.45, 7) is 1.92. The molecule has 0 saturated carbocycles. The number of nitrogens with zero attached hydrogens (tertiary/aromatic N) is 1. The Kier molecular flexibility index (Phi) is 4.67. The number of fused-ring (bicyclic) bond motifs is 3. The standard InChI is InChI=1S/C21H16N2O4S/c1-2-27-21(26)14-12-15(22-18(24)13-8-4-3-5-9-13)19(25)23-16-10-6-7-11-17(16)28-20(14)23/h3-12H,2H2,1H3,(H,22,24). The van der Waals surface area contributed by atoms with Gasteiger partial charge in [0.05, 0.1) is 22.4 Å². The molecule has 2 aromatic carbocycles. The fourth-order valence-electron chi connectivity index (χ4n) is 2.98. The fraction of sp³-hybridized carbons (Fsp3) is 0.0952. The fourth-order valence-corrected chi connectivity index (χ4v) is 4.12. The van der Waals surface area contributed by atoms with Crippen LogP contribution in [-0.4, -0.2) is 22.9 Å². The molecule has 0 aliphatic rings. The minimum absolute atomic E-state index is 0.0259. The van der Waals surface area contributed by atoms with Gasteiger partial charge in [0.15, 0.2) is 0 Å². The van der Waals surface area contributed by atoms with Gasteiger partial charge >= 0.3 is 5.97 Å². The van der Waals surface area contributed by atoms with Crippen LogP contribution in [0, 0.1) is 0 Å². The van der Waals surface area contributed by atoms with Crippen LogP contribution in [-0.2, 0) is 4.74 Å². The molecule has 0 aliphatic heterocycles. The third-order valence-electron chi connectivity index (χ3n) is 4.25. The Morgan fingerprint density at radius 3 is 2.54 bits per heavy atom. The number of amides is 1. The number of carbonyl (C=O) groups excluding carboxylic acids is 2. The number of pyridine rings is 1. The number of carbonyl (C=O) groups is 2. The summed E-state index contributed by atoms with van der Waals surface area (Å²) in [5, 5.41) is 2.64. The molecule has 6 nitrogen and oxygen atoms in total. The molecular weight excluding hydrogens is 376 g/mol. The minimum atomic E-state index is -0.540. The van der Waals surface area contributed by atoms with Crippen LogP contribution in [0.2, 0.25) is 0 Å². The van der Waals surface area contributed by atoms with Crippen LogP contribution in [0.25, 0.3) is 15.0 Å². The van der Waals surface area contributed by atoms with Crippen molar-refractivity contribution in [1.29, 1.82) is 0 Å². The van der Waals surface area contributed by atoms with Gasteiger partial charge in [0.1, 0.15) is 10.5 Å². The van der Waals surface area contributed by atoms with E-state index in [9.17, 15) is 14.4 Å². The second-order valence-electron chi connectivity index (χ2n) is 6.03. The third-order valence-corrected chi connectivity index (χ3v) is 5.41. The van der Waals surface area contributed by atoms with Gasteiger partial charge in [-0.3, -0.25) is 14.0 Å². The van der Waals surface area contributed by atoms with Gasteiger partial charge in [-0.1, -0.05) is 30.3 Å². The Morgan fingerprint density at radius 2 is 1.79 bits per heavy atom. The predicted molar refractivity (Wildman–Crippen MR) is 109 cm³/mol. The number of rotatable bonds is 4. The number of anilines is 1.